The van der Waals surface area contributed by atoms with Crippen LogP contribution in [0.3, 0.4) is 0 Å². The third-order valence-corrected chi connectivity index (χ3v) is 1.31. The van der Waals surface area contributed by atoms with E-state index in [0.29, 0.717) is 0 Å². The molecule has 0 aliphatic rings. The lowest BCUT2D eigenvalue weighted by molar-refractivity contribution is 1.36. The van der Waals surface area contributed by atoms with Crippen LogP contribution in [0.15, 0.2) is 50.2 Å². The quantitative estimate of drug-likeness (QED) is 0.505. The van der Waals surface area contributed by atoms with Gasteiger partial charge in [-0.15, -0.1) is 13.2 Å². The van der Waals surface area contributed by atoms with Crippen LogP contribution in [0.1, 0.15) is 12.6 Å². The van der Waals surface area contributed by atoms with Crippen molar-refractivity contribution in [3.63, 3.8) is 0 Å². The van der Waals surface area contributed by atoms with Crippen LogP contribution in [0.4, 0.5) is 0 Å². The summed E-state index contributed by atoms with van der Waals surface area (Å²) in [4.78, 5) is 3.07. The zero-order valence-corrected chi connectivity index (χ0v) is 7.51. The molecule has 0 saturated carbocycles. The number of allylic oxidation sites excluding steroid dienone is 3. The maximum absolute atomic E-state index is 3.87. The molecule has 1 nitrogen and oxygen atoms in total. The molecule has 1 heterocycles. The number of hydrogen-bond acceptors (Lipinski definition) is 0. The molecule has 0 amide bonds. The second-order valence-corrected chi connectivity index (χ2v) is 2.11. The van der Waals surface area contributed by atoms with Gasteiger partial charge in [-0.1, -0.05) is 18.7 Å². The Kier molecular flexibility index (Phi) is 5.45. The number of aromatic nitrogens is 1. The van der Waals surface area contributed by atoms with Crippen molar-refractivity contribution in [1.29, 1.82) is 0 Å². The summed E-state index contributed by atoms with van der Waals surface area (Å²) in [6, 6.07) is 3.96. The van der Waals surface area contributed by atoms with E-state index >= 15 is 0 Å². The van der Waals surface area contributed by atoms with E-state index < -0.39 is 0 Å². The molecular weight excluding hydrogens is 146 g/mol. The van der Waals surface area contributed by atoms with Gasteiger partial charge in [0.1, 0.15) is 0 Å². The zero-order valence-electron chi connectivity index (χ0n) is 7.51. The Morgan fingerprint density at radius 3 is 2.58 bits per heavy atom. The molecule has 0 aromatic carbocycles. The lowest BCUT2D eigenvalue weighted by Crippen LogP contribution is -1.75. The van der Waals surface area contributed by atoms with Crippen molar-refractivity contribution in [3.05, 3.63) is 55.9 Å². The molecule has 0 radical (unpaired) electrons. The van der Waals surface area contributed by atoms with Gasteiger partial charge in [-0.3, -0.25) is 0 Å². The van der Waals surface area contributed by atoms with E-state index in [-0.39, 0.29) is 0 Å². The second kappa shape index (κ2) is 6.23. The van der Waals surface area contributed by atoms with Gasteiger partial charge in [0.2, 0.25) is 0 Å². The molecular formula is C11H15N. The average molecular weight is 161 g/mol. The van der Waals surface area contributed by atoms with E-state index in [0.717, 1.165) is 11.3 Å². The highest BCUT2D eigenvalue weighted by molar-refractivity contribution is 5.69. The number of H-pyrrole nitrogens is 1. The third-order valence-electron chi connectivity index (χ3n) is 1.31. The summed E-state index contributed by atoms with van der Waals surface area (Å²) in [5, 5.41) is 0. The summed E-state index contributed by atoms with van der Waals surface area (Å²) in [7, 11) is 0. The van der Waals surface area contributed by atoms with E-state index in [1.165, 1.54) is 0 Å². The van der Waals surface area contributed by atoms with Gasteiger partial charge in [-0.05, 0) is 24.6 Å². The zero-order chi connectivity index (χ0) is 9.40. The predicted octanol–water partition coefficient (Wildman–Crippen LogP) is 3.41. The largest absolute Gasteiger partial charge is 0.361 e. The summed E-state index contributed by atoms with van der Waals surface area (Å²) in [5.74, 6) is 0. The van der Waals surface area contributed by atoms with Crippen LogP contribution >= 0.6 is 0 Å². The monoisotopic (exact) mass is 161 g/mol. The molecule has 64 valence electrons. The van der Waals surface area contributed by atoms with Crippen molar-refractivity contribution in [2.45, 2.75) is 6.92 Å². The number of nitrogens with one attached hydrogen (secondary N) is 1. The van der Waals surface area contributed by atoms with Gasteiger partial charge in [0, 0.05) is 11.9 Å². The molecule has 0 fully saturated rings. The summed E-state index contributed by atoms with van der Waals surface area (Å²) < 4.78 is 0. The minimum Gasteiger partial charge on any atom is -0.361 e. The van der Waals surface area contributed by atoms with Crippen LogP contribution < -0.4 is 0 Å². The van der Waals surface area contributed by atoms with Gasteiger partial charge in [0.25, 0.3) is 0 Å². The van der Waals surface area contributed by atoms with E-state index in [4.69, 9.17) is 0 Å². The Labute approximate surface area is 74.1 Å². The fraction of sp³-hybridized carbons (Fsp3) is 0.0909. The summed E-state index contributed by atoms with van der Waals surface area (Å²) in [5.41, 5.74) is 2.10. The van der Waals surface area contributed by atoms with Gasteiger partial charge < -0.3 is 4.98 Å². The summed E-state index contributed by atoms with van der Waals surface area (Å²) in [6.07, 6.45) is 5.85. The molecule has 0 bridgehead atoms. The molecule has 1 aromatic rings. The van der Waals surface area contributed by atoms with E-state index in [1.807, 2.05) is 37.4 Å². The molecule has 0 unspecified atom stereocenters. The predicted molar refractivity (Wildman–Crippen MR) is 55.9 cm³/mol. The van der Waals surface area contributed by atoms with E-state index in [1.54, 1.807) is 0 Å². The molecule has 0 spiro atoms. The molecule has 1 heteroatoms. The number of hydrogen-bond donors (Lipinski definition) is 1. The molecule has 12 heavy (non-hydrogen) atoms. The lowest BCUT2D eigenvalue weighted by Gasteiger charge is -1.92. The minimum atomic E-state index is 1.02. The highest BCUT2D eigenvalue weighted by Gasteiger charge is 1.91. The Hall–Kier alpha value is -1.50. The molecule has 1 N–H and O–H groups in total. The Morgan fingerprint density at radius 1 is 1.50 bits per heavy atom. The van der Waals surface area contributed by atoms with Gasteiger partial charge in [-0.25, -0.2) is 0 Å². The normalized spacial score (nSPS) is 9.08. The Balaban J connectivity index is 0.000000561. The Bertz CT molecular complexity index is 242. The van der Waals surface area contributed by atoms with E-state index in [9.17, 15) is 0 Å². The lowest BCUT2D eigenvalue weighted by atomic mass is 10.2. The highest BCUT2D eigenvalue weighted by atomic mass is 14.7. The van der Waals surface area contributed by atoms with Crippen LogP contribution in [0, 0.1) is 0 Å². The first-order valence-electron chi connectivity index (χ1n) is 3.80. The fourth-order valence-electron chi connectivity index (χ4n) is 0.821. The molecule has 0 aliphatic heterocycles. The van der Waals surface area contributed by atoms with Crippen molar-refractivity contribution in [2.75, 3.05) is 0 Å². The molecule has 0 saturated heterocycles. The van der Waals surface area contributed by atoms with Crippen LogP contribution in [-0.4, -0.2) is 4.98 Å². The first kappa shape index (κ1) is 10.5. The van der Waals surface area contributed by atoms with Crippen LogP contribution in [0.2, 0.25) is 0 Å². The maximum atomic E-state index is 3.87. The second-order valence-electron chi connectivity index (χ2n) is 2.11. The van der Waals surface area contributed by atoms with Crippen molar-refractivity contribution in [1.82, 2.24) is 4.98 Å². The number of aromatic amines is 1. The van der Waals surface area contributed by atoms with Gasteiger partial charge in [0.15, 0.2) is 0 Å². The smallest absolute Gasteiger partial charge is 0.0447 e. The van der Waals surface area contributed by atoms with Crippen LogP contribution in [0.25, 0.3) is 5.57 Å². The standard InChI is InChI=1S/C9H11N.C2H4/c1-3-5-8(2)9-6-4-7-10-9;1-2/h3-7,10H,2H2,1H3;1-2H2/b5-3-;. The SMILES string of the molecule is C=C.C=C(/C=C\C)c1ccc[nH]1. The van der Waals surface area contributed by atoms with Gasteiger partial charge in [-0.2, -0.15) is 0 Å². The molecule has 1 aromatic heterocycles. The first-order valence-corrected chi connectivity index (χ1v) is 3.80. The summed E-state index contributed by atoms with van der Waals surface area (Å²) >= 11 is 0. The fourth-order valence-corrected chi connectivity index (χ4v) is 0.821. The third kappa shape index (κ3) is 3.06. The van der Waals surface area contributed by atoms with Crippen molar-refractivity contribution < 1.29 is 0 Å². The van der Waals surface area contributed by atoms with Crippen LogP contribution in [-0.2, 0) is 0 Å². The molecule has 0 atom stereocenters. The van der Waals surface area contributed by atoms with Crippen molar-refractivity contribution >= 4 is 5.57 Å². The first-order chi connectivity index (χ1) is 5.84. The van der Waals surface area contributed by atoms with Crippen molar-refractivity contribution in [2.24, 2.45) is 0 Å². The molecule has 1 rings (SSSR count). The topological polar surface area (TPSA) is 15.8 Å². The van der Waals surface area contributed by atoms with Gasteiger partial charge in [0.05, 0.1) is 0 Å². The average Bonchev–Trinajstić information content (AvgIpc) is 2.60. The van der Waals surface area contributed by atoms with Crippen molar-refractivity contribution in [3.8, 4) is 0 Å². The summed E-state index contributed by atoms with van der Waals surface area (Å²) in [6.45, 7) is 11.8. The maximum Gasteiger partial charge on any atom is 0.0447 e. The minimum absolute atomic E-state index is 1.02. The number of rotatable bonds is 2. The Morgan fingerprint density at radius 2 is 2.17 bits per heavy atom. The molecule has 0 aliphatic carbocycles. The van der Waals surface area contributed by atoms with E-state index in [2.05, 4.69) is 24.7 Å². The van der Waals surface area contributed by atoms with Crippen LogP contribution in [0.5, 0.6) is 0 Å². The van der Waals surface area contributed by atoms with Gasteiger partial charge >= 0.3 is 0 Å². The highest BCUT2D eigenvalue weighted by Crippen LogP contribution is 2.09.